The Balaban J connectivity index is 2.13. The topological polar surface area (TPSA) is 63.2 Å². The number of rotatable bonds is 7. The van der Waals surface area contributed by atoms with Gasteiger partial charge in [0, 0.05) is 38.4 Å². The molecule has 0 saturated heterocycles. The predicted octanol–water partition coefficient (Wildman–Crippen LogP) is 2.43. The maximum absolute atomic E-state index is 12.3. The number of carbonyl (C=O) groups is 1. The molecule has 1 aromatic heterocycles. The van der Waals surface area contributed by atoms with Crippen molar-refractivity contribution >= 4 is 22.5 Å². The van der Waals surface area contributed by atoms with Crippen molar-refractivity contribution in [3.8, 4) is 0 Å². The fraction of sp³-hybridized carbons (Fsp3) is 0.375. The zero-order valence-corrected chi connectivity index (χ0v) is 12.5. The highest BCUT2D eigenvalue weighted by Crippen LogP contribution is 2.23. The van der Waals surface area contributed by atoms with E-state index >= 15 is 0 Å². The molecule has 5 heteroatoms. The molecule has 1 amide bonds. The summed E-state index contributed by atoms with van der Waals surface area (Å²) in [5.41, 5.74) is 0.598. The van der Waals surface area contributed by atoms with Gasteiger partial charge in [0.15, 0.2) is 0 Å². The van der Waals surface area contributed by atoms with E-state index in [9.17, 15) is 4.79 Å². The molecule has 5 nitrogen and oxygen atoms in total. The van der Waals surface area contributed by atoms with Crippen LogP contribution in [0.2, 0.25) is 0 Å². The Labute approximate surface area is 124 Å². The van der Waals surface area contributed by atoms with Gasteiger partial charge in [-0.1, -0.05) is 24.3 Å². The third-order valence-corrected chi connectivity index (χ3v) is 3.23. The maximum Gasteiger partial charge on any atom is 0.253 e. The zero-order chi connectivity index (χ0) is 15.1. The molecule has 0 bridgehead atoms. The fourth-order valence-electron chi connectivity index (χ4n) is 2.19. The molecule has 0 fully saturated rings. The summed E-state index contributed by atoms with van der Waals surface area (Å²) in [6.07, 6.45) is 2.42. The minimum Gasteiger partial charge on any atom is -0.382 e. The molecule has 1 aromatic carbocycles. The molecule has 0 spiro atoms. The Morgan fingerprint density at radius 3 is 2.76 bits per heavy atom. The molecule has 0 aliphatic carbocycles. The molecule has 0 unspecified atom stereocenters. The summed E-state index contributed by atoms with van der Waals surface area (Å²) < 4.78 is 5.25. The third-order valence-electron chi connectivity index (χ3n) is 3.23. The summed E-state index contributed by atoms with van der Waals surface area (Å²) in [5.74, 6) is 0.677. The van der Waals surface area contributed by atoms with Crippen molar-refractivity contribution in [1.29, 1.82) is 0 Å². The Morgan fingerprint density at radius 2 is 2.05 bits per heavy atom. The van der Waals surface area contributed by atoms with Crippen LogP contribution in [0.4, 0.5) is 5.82 Å². The first-order valence-electron chi connectivity index (χ1n) is 7.19. The molecular formula is C16H21N3O2. The zero-order valence-electron chi connectivity index (χ0n) is 12.5. The lowest BCUT2D eigenvalue weighted by Crippen LogP contribution is -2.25. The number of ether oxygens (including phenoxy) is 1. The van der Waals surface area contributed by atoms with Gasteiger partial charge < -0.3 is 15.4 Å². The minimum atomic E-state index is -0.0992. The number of anilines is 1. The van der Waals surface area contributed by atoms with Crippen LogP contribution in [0.1, 0.15) is 23.7 Å². The van der Waals surface area contributed by atoms with Crippen molar-refractivity contribution in [2.75, 3.05) is 32.1 Å². The molecule has 0 aliphatic heterocycles. The van der Waals surface area contributed by atoms with E-state index in [1.807, 2.05) is 38.2 Å². The summed E-state index contributed by atoms with van der Waals surface area (Å²) in [7, 11) is 1.82. The number of carbonyl (C=O) groups excluding carboxylic acids is 1. The summed E-state index contributed by atoms with van der Waals surface area (Å²) >= 11 is 0. The Morgan fingerprint density at radius 1 is 1.29 bits per heavy atom. The quantitative estimate of drug-likeness (QED) is 0.768. The van der Waals surface area contributed by atoms with Crippen molar-refractivity contribution in [2.45, 2.75) is 13.3 Å². The summed E-state index contributed by atoms with van der Waals surface area (Å²) in [5, 5.41) is 7.80. The molecule has 112 valence electrons. The average Bonchev–Trinajstić information content (AvgIpc) is 2.53. The number of amides is 1. The van der Waals surface area contributed by atoms with Crippen LogP contribution in [0.25, 0.3) is 10.8 Å². The number of nitrogens with one attached hydrogen (secondary N) is 2. The van der Waals surface area contributed by atoms with E-state index in [1.165, 1.54) is 0 Å². The van der Waals surface area contributed by atoms with E-state index in [0.717, 1.165) is 23.0 Å². The molecule has 2 N–H and O–H groups in total. The van der Waals surface area contributed by atoms with E-state index in [2.05, 4.69) is 15.6 Å². The van der Waals surface area contributed by atoms with Gasteiger partial charge in [0.05, 0.1) is 5.56 Å². The van der Waals surface area contributed by atoms with Crippen LogP contribution in [0.5, 0.6) is 0 Å². The first-order valence-corrected chi connectivity index (χ1v) is 7.19. The molecule has 21 heavy (non-hydrogen) atoms. The number of benzene rings is 1. The molecule has 0 radical (unpaired) electrons. The summed E-state index contributed by atoms with van der Waals surface area (Å²) in [6.45, 7) is 3.92. The molecule has 1 heterocycles. The van der Waals surface area contributed by atoms with E-state index in [1.54, 1.807) is 6.20 Å². The van der Waals surface area contributed by atoms with Crippen LogP contribution in [0, 0.1) is 0 Å². The maximum atomic E-state index is 12.3. The van der Waals surface area contributed by atoms with Crippen molar-refractivity contribution in [3.63, 3.8) is 0 Å². The standard InChI is InChI=1S/C16H21N3O2/c1-3-21-10-6-9-18-16(20)14-11-19-15(17-2)13-8-5-4-7-12(13)14/h4-5,7-8,11H,3,6,9-10H2,1-2H3,(H,17,19)(H,18,20). The highest BCUT2D eigenvalue weighted by atomic mass is 16.5. The number of nitrogens with zero attached hydrogens (tertiary/aromatic N) is 1. The molecular weight excluding hydrogens is 266 g/mol. The lowest BCUT2D eigenvalue weighted by Gasteiger charge is -2.10. The van der Waals surface area contributed by atoms with E-state index in [0.29, 0.717) is 25.3 Å². The normalized spacial score (nSPS) is 10.6. The summed E-state index contributed by atoms with van der Waals surface area (Å²) in [4.78, 5) is 16.6. The smallest absolute Gasteiger partial charge is 0.253 e. The van der Waals surface area contributed by atoms with Gasteiger partial charge in [0.25, 0.3) is 5.91 Å². The number of hydrogen-bond acceptors (Lipinski definition) is 4. The second-order valence-electron chi connectivity index (χ2n) is 4.62. The van der Waals surface area contributed by atoms with E-state index < -0.39 is 0 Å². The first-order chi connectivity index (χ1) is 10.3. The fourth-order valence-corrected chi connectivity index (χ4v) is 2.19. The van der Waals surface area contributed by atoms with Crippen molar-refractivity contribution in [3.05, 3.63) is 36.0 Å². The first kappa shape index (κ1) is 15.3. The predicted molar refractivity (Wildman–Crippen MR) is 84.7 cm³/mol. The Bertz CT molecular complexity index is 613. The third kappa shape index (κ3) is 3.70. The van der Waals surface area contributed by atoms with Crippen LogP contribution in [-0.4, -0.2) is 37.7 Å². The van der Waals surface area contributed by atoms with Gasteiger partial charge in [-0.3, -0.25) is 4.79 Å². The van der Waals surface area contributed by atoms with Crippen molar-refractivity contribution < 1.29 is 9.53 Å². The SMILES string of the molecule is CCOCCCNC(=O)c1cnc(NC)c2ccccc12. The number of aromatic nitrogens is 1. The van der Waals surface area contributed by atoms with E-state index in [-0.39, 0.29) is 5.91 Å². The van der Waals surface area contributed by atoms with Gasteiger partial charge in [0.1, 0.15) is 5.82 Å². The van der Waals surface area contributed by atoms with Crippen LogP contribution < -0.4 is 10.6 Å². The van der Waals surface area contributed by atoms with Crippen LogP contribution in [0.15, 0.2) is 30.5 Å². The van der Waals surface area contributed by atoms with Gasteiger partial charge in [-0.15, -0.1) is 0 Å². The Hall–Kier alpha value is -2.14. The number of fused-ring (bicyclic) bond motifs is 1. The number of hydrogen-bond donors (Lipinski definition) is 2. The highest BCUT2D eigenvalue weighted by molar-refractivity contribution is 6.09. The van der Waals surface area contributed by atoms with Gasteiger partial charge in [-0.05, 0) is 18.7 Å². The second-order valence-corrected chi connectivity index (χ2v) is 4.62. The van der Waals surface area contributed by atoms with Gasteiger partial charge >= 0.3 is 0 Å². The average molecular weight is 287 g/mol. The monoisotopic (exact) mass is 287 g/mol. The lowest BCUT2D eigenvalue weighted by atomic mass is 10.1. The van der Waals surface area contributed by atoms with Crippen LogP contribution in [0.3, 0.4) is 0 Å². The van der Waals surface area contributed by atoms with Crippen molar-refractivity contribution in [1.82, 2.24) is 10.3 Å². The van der Waals surface area contributed by atoms with Gasteiger partial charge in [-0.25, -0.2) is 4.98 Å². The molecule has 0 aliphatic rings. The van der Waals surface area contributed by atoms with E-state index in [4.69, 9.17) is 4.74 Å². The van der Waals surface area contributed by atoms with Crippen LogP contribution >= 0.6 is 0 Å². The highest BCUT2D eigenvalue weighted by Gasteiger charge is 2.12. The minimum absolute atomic E-state index is 0.0992. The van der Waals surface area contributed by atoms with Crippen molar-refractivity contribution in [2.24, 2.45) is 0 Å². The van der Waals surface area contributed by atoms with Gasteiger partial charge in [-0.2, -0.15) is 0 Å². The lowest BCUT2D eigenvalue weighted by molar-refractivity contribution is 0.0945. The second kappa shape index (κ2) is 7.59. The van der Waals surface area contributed by atoms with Crippen LogP contribution in [-0.2, 0) is 4.74 Å². The molecule has 0 atom stereocenters. The number of pyridine rings is 1. The molecule has 0 saturated carbocycles. The largest absolute Gasteiger partial charge is 0.382 e. The molecule has 2 rings (SSSR count). The van der Waals surface area contributed by atoms with Gasteiger partial charge in [0.2, 0.25) is 0 Å². The Kier molecular flexibility index (Phi) is 5.51. The summed E-state index contributed by atoms with van der Waals surface area (Å²) in [6, 6.07) is 7.76. The molecule has 2 aromatic rings.